The summed E-state index contributed by atoms with van der Waals surface area (Å²) in [6.45, 7) is 7.95. The van der Waals surface area contributed by atoms with Crippen LogP contribution in [0.1, 0.15) is 62.7 Å². The highest BCUT2D eigenvalue weighted by molar-refractivity contribution is 5.89. The van der Waals surface area contributed by atoms with Crippen LogP contribution >= 0.6 is 0 Å². The monoisotopic (exact) mass is 359 g/mol. The number of fused-ring (bicyclic) bond motifs is 1. The third-order valence-electron chi connectivity index (χ3n) is 5.62. The Kier molecular flexibility index (Phi) is 6.95. The number of nitrogens with zero attached hydrogens (tertiary/aromatic N) is 1. The number of carbonyl (C=O) groups excluding carboxylic acids is 1. The van der Waals surface area contributed by atoms with E-state index >= 15 is 0 Å². The molecule has 0 bridgehead atoms. The second-order valence-corrected chi connectivity index (χ2v) is 8.16. The molecule has 0 radical (unpaired) electrons. The third kappa shape index (κ3) is 5.23. The number of hydrogen-bond acceptors (Lipinski definition) is 4. The van der Waals surface area contributed by atoms with Crippen molar-refractivity contribution in [2.24, 2.45) is 11.8 Å². The van der Waals surface area contributed by atoms with E-state index in [9.17, 15) is 4.79 Å². The highest BCUT2D eigenvalue weighted by atomic mass is 16.5. The van der Waals surface area contributed by atoms with E-state index in [0.717, 1.165) is 12.2 Å². The van der Waals surface area contributed by atoms with Gasteiger partial charge in [-0.2, -0.15) is 0 Å². The van der Waals surface area contributed by atoms with Gasteiger partial charge >= 0.3 is 5.97 Å². The molecule has 26 heavy (non-hydrogen) atoms. The summed E-state index contributed by atoms with van der Waals surface area (Å²) in [5.41, 5.74) is 0.602. The van der Waals surface area contributed by atoms with Gasteiger partial charge in [0.25, 0.3) is 0 Å². The second kappa shape index (κ2) is 9.40. The first kappa shape index (κ1) is 19.2. The maximum absolute atomic E-state index is 12.3. The van der Waals surface area contributed by atoms with Crippen LogP contribution in [0, 0.1) is 11.8 Å². The maximum Gasteiger partial charge on any atom is 0.338 e. The molecule has 3 rings (SSSR count). The fourth-order valence-electron chi connectivity index (χ4n) is 4.25. The fraction of sp³-hybridized carbons (Fsp3) is 0.682. The second-order valence-electron chi connectivity index (χ2n) is 8.16. The quantitative estimate of drug-likeness (QED) is 0.670. The molecule has 4 heteroatoms. The van der Waals surface area contributed by atoms with Crippen LogP contribution < -0.4 is 4.74 Å². The molecular weight excluding hydrogens is 326 g/mol. The third-order valence-corrected chi connectivity index (χ3v) is 5.62. The largest absolute Gasteiger partial charge is 0.493 e. The molecule has 2 saturated heterocycles. The standard InChI is InChI=1S/C22H33NO3/c1-17(2)16-26-20-10-8-19(9-11-20)22(24)25-15-12-18-6-5-14-23-13-4-3-7-21(18)23/h8-11,17-18,21H,3-7,12-16H2,1-2H3/t18-,21?/m0/s1. The first-order valence-corrected chi connectivity index (χ1v) is 10.3. The van der Waals surface area contributed by atoms with E-state index < -0.39 is 0 Å². The molecule has 0 N–H and O–H groups in total. The molecule has 2 atom stereocenters. The number of ether oxygens (including phenoxy) is 2. The predicted molar refractivity (Wildman–Crippen MR) is 104 cm³/mol. The Bertz CT molecular complexity index is 567. The van der Waals surface area contributed by atoms with E-state index in [1.807, 2.05) is 12.1 Å². The molecule has 1 aromatic rings. The Hall–Kier alpha value is -1.55. The Labute approximate surface area is 157 Å². The van der Waals surface area contributed by atoms with Gasteiger partial charge in [0.1, 0.15) is 5.75 Å². The fourth-order valence-corrected chi connectivity index (χ4v) is 4.25. The van der Waals surface area contributed by atoms with Crippen molar-refractivity contribution in [2.45, 2.75) is 58.4 Å². The van der Waals surface area contributed by atoms with Crippen LogP contribution in [0.4, 0.5) is 0 Å². The summed E-state index contributed by atoms with van der Waals surface area (Å²) in [6, 6.07) is 8.00. The molecule has 4 nitrogen and oxygen atoms in total. The Balaban J connectivity index is 1.43. The van der Waals surface area contributed by atoms with Gasteiger partial charge in [0.2, 0.25) is 0 Å². The Morgan fingerprint density at radius 2 is 1.88 bits per heavy atom. The predicted octanol–water partition coefficient (Wildman–Crippen LogP) is 4.53. The first-order chi connectivity index (χ1) is 12.6. The van der Waals surface area contributed by atoms with E-state index in [1.165, 1.54) is 45.2 Å². The zero-order valence-electron chi connectivity index (χ0n) is 16.3. The van der Waals surface area contributed by atoms with Crippen LogP contribution in [-0.4, -0.2) is 43.2 Å². The van der Waals surface area contributed by atoms with Gasteiger partial charge < -0.3 is 14.4 Å². The lowest BCUT2D eigenvalue weighted by atomic mass is 9.82. The molecule has 0 aliphatic carbocycles. The van der Waals surface area contributed by atoms with Gasteiger partial charge in [-0.05, 0) is 81.3 Å². The number of carbonyl (C=O) groups is 1. The smallest absolute Gasteiger partial charge is 0.338 e. The van der Waals surface area contributed by atoms with E-state index in [-0.39, 0.29) is 5.97 Å². The summed E-state index contributed by atoms with van der Waals surface area (Å²) < 4.78 is 11.2. The minimum absolute atomic E-state index is 0.225. The van der Waals surface area contributed by atoms with E-state index in [1.54, 1.807) is 12.1 Å². The SMILES string of the molecule is CC(C)COc1ccc(C(=O)OCC[C@@H]2CCCN3CCCCC23)cc1. The lowest BCUT2D eigenvalue weighted by molar-refractivity contribution is 0.0296. The van der Waals surface area contributed by atoms with Crippen LogP contribution in [0.2, 0.25) is 0 Å². The maximum atomic E-state index is 12.3. The molecule has 2 aliphatic heterocycles. The van der Waals surface area contributed by atoms with Gasteiger partial charge in [0.15, 0.2) is 0 Å². The van der Waals surface area contributed by atoms with Gasteiger partial charge in [-0.3, -0.25) is 0 Å². The molecular formula is C22H33NO3. The van der Waals surface area contributed by atoms with Gasteiger partial charge in [-0.1, -0.05) is 20.3 Å². The van der Waals surface area contributed by atoms with Crippen molar-refractivity contribution in [3.63, 3.8) is 0 Å². The van der Waals surface area contributed by atoms with Gasteiger partial charge in [0.05, 0.1) is 18.8 Å². The average molecular weight is 360 g/mol. The van der Waals surface area contributed by atoms with Gasteiger partial charge in [-0.15, -0.1) is 0 Å². The molecule has 0 saturated carbocycles. The zero-order chi connectivity index (χ0) is 18.4. The van der Waals surface area contributed by atoms with E-state index in [0.29, 0.717) is 36.7 Å². The molecule has 1 unspecified atom stereocenters. The van der Waals surface area contributed by atoms with E-state index in [2.05, 4.69) is 18.7 Å². The summed E-state index contributed by atoms with van der Waals surface area (Å²) >= 11 is 0. The first-order valence-electron chi connectivity index (χ1n) is 10.3. The highest BCUT2D eigenvalue weighted by Crippen LogP contribution is 2.32. The molecule has 2 fully saturated rings. The molecule has 2 heterocycles. The summed E-state index contributed by atoms with van der Waals surface area (Å²) in [6.07, 6.45) is 7.56. The van der Waals surface area contributed by atoms with Crippen molar-refractivity contribution >= 4 is 5.97 Å². The van der Waals surface area contributed by atoms with Crippen molar-refractivity contribution in [2.75, 3.05) is 26.3 Å². The van der Waals surface area contributed by atoms with E-state index in [4.69, 9.17) is 9.47 Å². The van der Waals surface area contributed by atoms with Crippen molar-refractivity contribution in [3.05, 3.63) is 29.8 Å². The number of esters is 1. The lowest BCUT2D eigenvalue weighted by Crippen LogP contribution is -2.48. The molecule has 0 amide bonds. The van der Waals surface area contributed by atoms with Crippen LogP contribution in [0.15, 0.2) is 24.3 Å². The number of benzene rings is 1. The normalized spacial score (nSPS) is 23.5. The summed E-state index contributed by atoms with van der Waals surface area (Å²) in [7, 11) is 0. The minimum atomic E-state index is -0.225. The molecule has 1 aromatic carbocycles. The summed E-state index contributed by atoms with van der Waals surface area (Å²) in [4.78, 5) is 14.9. The van der Waals surface area contributed by atoms with Crippen molar-refractivity contribution in [3.8, 4) is 5.75 Å². The van der Waals surface area contributed by atoms with Gasteiger partial charge in [-0.25, -0.2) is 4.79 Å². The molecule has 0 aromatic heterocycles. The van der Waals surface area contributed by atoms with Crippen LogP contribution in [0.3, 0.4) is 0 Å². The molecule has 144 valence electrons. The molecule has 2 aliphatic rings. The molecule has 0 spiro atoms. The van der Waals surface area contributed by atoms with Crippen LogP contribution in [-0.2, 0) is 4.74 Å². The summed E-state index contributed by atoms with van der Waals surface area (Å²) in [5.74, 6) is 1.75. The lowest BCUT2D eigenvalue weighted by Gasteiger charge is -2.44. The highest BCUT2D eigenvalue weighted by Gasteiger charge is 2.32. The van der Waals surface area contributed by atoms with Crippen molar-refractivity contribution in [1.29, 1.82) is 0 Å². The topological polar surface area (TPSA) is 38.8 Å². The number of piperidine rings is 2. The van der Waals surface area contributed by atoms with Crippen LogP contribution in [0.25, 0.3) is 0 Å². The Morgan fingerprint density at radius 3 is 2.65 bits per heavy atom. The Morgan fingerprint density at radius 1 is 1.12 bits per heavy atom. The van der Waals surface area contributed by atoms with Gasteiger partial charge in [0, 0.05) is 6.04 Å². The minimum Gasteiger partial charge on any atom is -0.493 e. The van der Waals surface area contributed by atoms with Crippen LogP contribution in [0.5, 0.6) is 5.75 Å². The average Bonchev–Trinajstić information content (AvgIpc) is 2.67. The summed E-state index contributed by atoms with van der Waals surface area (Å²) in [5, 5.41) is 0. The van der Waals surface area contributed by atoms with Crippen molar-refractivity contribution in [1.82, 2.24) is 4.90 Å². The number of hydrogen-bond donors (Lipinski definition) is 0. The number of rotatable bonds is 7. The van der Waals surface area contributed by atoms with Crippen molar-refractivity contribution < 1.29 is 14.3 Å². The zero-order valence-corrected chi connectivity index (χ0v) is 16.3.